The molecule has 0 aliphatic rings. The van der Waals surface area contributed by atoms with Gasteiger partial charge >= 0.3 is 0 Å². The van der Waals surface area contributed by atoms with E-state index in [-0.39, 0.29) is 11.7 Å². The zero-order valence-corrected chi connectivity index (χ0v) is 14.7. The number of carbonyl (C=O) groups excluding carboxylic acids is 1. The molecule has 0 radical (unpaired) electrons. The number of ether oxygens (including phenoxy) is 1. The minimum atomic E-state index is -0.292. The molecule has 0 atom stereocenters. The summed E-state index contributed by atoms with van der Waals surface area (Å²) in [5, 5.41) is 13.6. The number of nitrogens with one attached hydrogen (secondary N) is 1. The van der Waals surface area contributed by atoms with Gasteiger partial charge in [-0.05, 0) is 61.9 Å². The van der Waals surface area contributed by atoms with E-state index in [2.05, 4.69) is 29.3 Å². The first-order valence-corrected chi connectivity index (χ1v) is 8.14. The monoisotopic (exact) mass is 341 g/mol. The van der Waals surface area contributed by atoms with Crippen LogP contribution < -0.4 is 15.1 Å². The van der Waals surface area contributed by atoms with Crippen molar-refractivity contribution in [3.05, 3.63) is 53.6 Å². The predicted molar refractivity (Wildman–Crippen MR) is 99.7 cm³/mol. The van der Waals surface area contributed by atoms with Crippen molar-refractivity contribution < 1.29 is 14.6 Å². The Morgan fingerprint density at radius 1 is 1.20 bits per heavy atom. The van der Waals surface area contributed by atoms with Gasteiger partial charge in [-0.1, -0.05) is 0 Å². The number of phenolic OH excluding ortho intramolecular Hbond substituents is 1. The Balaban J connectivity index is 1.99. The summed E-state index contributed by atoms with van der Waals surface area (Å²) in [6.45, 7) is 6.02. The summed E-state index contributed by atoms with van der Waals surface area (Å²) in [6, 6.07) is 12.3. The third kappa shape index (κ3) is 4.73. The molecule has 0 bridgehead atoms. The number of hydrogen-bond acceptors (Lipinski definition) is 5. The summed E-state index contributed by atoms with van der Waals surface area (Å²) in [5.41, 5.74) is 4.74. The normalized spacial score (nSPS) is 10.7. The highest BCUT2D eigenvalue weighted by molar-refractivity contribution is 5.95. The van der Waals surface area contributed by atoms with Crippen molar-refractivity contribution in [2.75, 3.05) is 25.1 Å². The quantitative estimate of drug-likeness (QED) is 0.600. The molecule has 1 amide bonds. The number of amides is 1. The summed E-state index contributed by atoms with van der Waals surface area (Å²) in [7, 11) is 1.48. The fourth-order valence-corrected chi connectivity index (χ4v) is 2.43. The highest BCUT2D eigenvalue weighted by Crippen LogP contribution is 2.25. The average Bonchev–Trinajstić information content (AvgIpc) is 2.63. The zero-order valence-electron chi connectivity index (χ0n) is 14.7. The molecule has 132 valence electrons. The molecule has 6 nitrogen and oxygen atoms in total. The van der Waals surface area contributed by atoms with Crippen LogP contribution in [0.15, 0.2) is 47.6 Å². The van der Waals surface area contributed by atoms with E-state index >= 15 is 0 Å². The van der Waals surface area contributed by atoms with Crippen molar-refractivity contribution in [3.8, 4) is 11.5 Å². The van der Waals surface area contributed by atoms with Crippen LogP contribution in [-0.2, 0) is 0 Å². The third-order valence-corrected chi connectivity index (χ3v) is 3.84. The Kier molecular flexibility index (Phi) is 6.39. The van der Waals surface area contributed by atoms with Gasteiger partial charge in [0.25, 0.3) is 5.91 Å². The van der Waals surface area contributed by atoms with Crippen molar-refractivity contribution in [3.63, 3.8) is 0 Å². The molecule has 0 heterocycles. The molecule has 0 fully saturated rings. The number of methoxy groups -OCH3 is 1. The van der Waals surface area contributed by atoms with E-state index in [0.29, 0.717) is 16.9 Å². The molecule has 0 aromatic heterocycles. The SMILES string of the molecule is CCN(CC)c1ccc(C(=O)N/N=C\c2ccc(OC)c(O)c2)cc1. The van der Waals surface area contributed by atoms with Gasteiger partial charge in [0.2, 0.25) is 0 Å². The molecule has 2 aromatic carbocycles. The molecule has 2 N–H and O–H groups in total. The average molecular weight is 341 g/mol. The van der Waals surface area contributed by atoms with Crippen LogP contribution in [0.5, 0.6) is 11.5 Å². The second-order valence-electron chi connectivity index (χ2n) is 5.35. The van der Waals surface area contributed by atoms with Crippen molar-refractivity contribution >= 4 is 17.8 Å². The van der Waals surface area contributed by atoms with Gasteiger partial charge in [-0.3, -0.25) is 4.79 Å². The molecule has 0 saturated heterocycles. The van der Waals surface area contributed by atoms with Gasteiger partial charge in [-0.15, -0.1) is 0 Å². The molecule has 0 aliphatic carbocycles. The Labute approximate surface area is 147 Å². The van der Waals surface area contributed by atoms with Gasteiger partial charge in [-0.25, -0.2) is 5.43 Å². The number of hydrogen-bond donors (Lipinski definition) is 2. The van der Waals surface area contributed by atoms with Gasteiger partial charge in [0.05, 0.1) is 13.3 Å². The first kappa shape index (κ1) is 18.3. The summed E-state index contributed by atoms with van der Waals surface area (Å²) in [6.07, 6.45) is 1.46. The lowest BCUT2D eigenvalue weighted by Gasteiger charge is -2.20. The first-order chi connectivity index (χ1) is 12.1. The highest BCUT2D eigenvalue weighted by Gasteiger charge is 2.06. The molecule has 2 aromatic rings. The number of anilines is 1. The third-order valence-electron chi connectivity index (χ3n) is 3.84. The van der Waals surface area contributed by atoms with Gasteiger partial charge in [0.15, 0.2) is 11.5 Å². The van der Waals surface area contributed by atoms with Crippen LogP contribution in [0, 0.1) is 0 Å². The summed E-state index contributed by atoms with van der Waals surface area (Å²) in [5.74, 6) is 0.110. The fraction of sp³-hybridized carbons (Fsp3) is 0.263. The van der Waals surface area contributed by atoms with Crippen LogP contribution in [0.25, 0.3) is 0 Å². The lowest BCUT2D eigenvalue weighted by molar-refractivity contribution is 0.0955. The Morgan fingerprint density at radius 2 is 1.88 bits per heavy atom. The summed E-state index contributed by atoms with van der Waals surface area (Å²) in [4.78, 5) is 14.3. The van der Waals surface area contributed by atoms with E-state index in [1.54, 1.807) is 24.3 Å². The molecular formula is C19H23N3O3. The topological polar surface area (TPSA) is 74.2 Å². The van der Waals surface area contributed by atoms with E-state index in [4.69, 9.17) is 4.74 Å². The van der Waals surface area contributed by atoms with Gasteiger partial charge in [-0.2, -0.15) is 5.10 Å². The first-order valence-electron chi connectivity index (χ1n) is 8.14. The smallest absolute Gasteiger partial charge is 0.271 e. The van der Waals surface area contributed by atoms with E-state index in [9.17, 15) is 9.90 Å². The van der Waals surface area contributed by atoms with E-state index < -0.39 is 0 Å². The van der Waals surface area contributed by atoms with Crippen LogP contribution in [0.3, 0.4) is 0 Å². The van der Waals surface area contributed by atoms with Crippen LogP contribution in [0.4, 0.5) is 5.69 Å². The lowest BCUT2D eigenvalue weighted by Crippen LogP contribution is -2.22. The highest BCUT2D eigenvalue weighted by atomic mass is 16.5. The van der Waals surface area contributed by atoms with Crippen LogP contribution >= 0.6 is 0 Å². The maximum Gasteiger partial charge on any atom is 0.271 e. The van der Waals surface area contributed by atoms with Crippen molar-refractivity contribution in [2.45, 2.75) is 13.8 Å². The maximum absolute atomic E-state index is 12.1. The van der Waals surface area contributed by atoms with E-state index in [1.165, 1.54) is 19.4 Å². The molecule has 2 rings (SSSR count). The zero-order chi connectivity index (χ0) is 18.2. The van der Waals surface area contributed by atoms with Crippen LogP contribution in [0.2, 0.25) is 0 Å². The molecule has 6 heteroatoms. The number of benzene rings is 2. The van der Waals surface area contributed by atoms with E-state index in [0.717, 1.165) is 18.8 Å². The van der Waals surface area contributed by atoms with Crippen LogP contribution in [-0.4, -0.2) is 37.4 Å². The maximum atomic E-state index is 12.1. The summed E-state index contributed by atoms with van der Waals surface area (Å²) >= 11 is 0. The lowest BCUT2D eigenvalue weighted by atomic mass is 10.2. The standard InChI is InChI=1S/C19H23N3O3/c1-4-22(5-2)16-9-7-15(8-10-16)19(24)21-20-13-14-6-11-18(25-3)17(23)12-14/h6-13,23H,4-5H2,1-3H3,(H,21,24)/b20-13-. The van der Waals surface area contributed by atoms with Gasteiger partial charge in [0, 0.05) is 24.3 Å². The Bertz CT molecular complexity index is 738. The molecule has 0 aliphatic heterocycles. The second-order valence-corrected chi connectivity index (χ2v) is 5.35. The summed E-state index contributed by atoms with van der Waals surface area (Å²) < 4.78 is 4.98. The van der Waals surface area contributed by atoms with Crippen molar-refractivity contribution in [1.82, 2.24) is 5.43 Å². The number of nitrogens with zero attached hydrogens (tertiary/aromatic N) is 2. The molecule has 0 unspecified atom stereocenters. The number of hydrazone groups is 1. The van der Waals surface area contributed by atoms with Crippen molar-refractivity contribution in [2.24, 2.45) is 5.10 Å². The Morgan fingerprint density at radius 3 is 2.44 bits per heavy atom. The number of phenols is 1. The Hall–Kier alpha value is -3.02. The van der Waals surface area contributed by atoms with E-state index in [1.807, 2.05) is 12.1 Å². The van der Waals surface area contributed by atoms with Crippen LogP contribution in [0.1, 0.15) is 29.8 Å². The van der Waals surface area contributed by atoms with Gasteiger partial charge < -0.3 is 14.7 Å². The molecular weight excluding hydrogens is 318 g/mol. The number of carbonyl (C=O) groups is 1. The predicted octanol–water partition coefficient (Wildman–Crippen LogP) is 3.01. The molecule has 0 saturated carbocycles. The minimum Gasteiger partial charge on any atom is -0.504 e. The molecule has 25 heavy (non-hydrogen) atoms. The molecule has 0 spiro atoms. The number of aromatic hydroxyl groups is 1. The number of rotatable bonds is 7. The minimum absolute atomic E-state index is 0.0183. The van der Waals surface area contributed by atoms with Crippen molar-refractivity contribution in [1.29, 1.82) is 0 Å². The second kappa shape index (κ2) is 8.73. The fourth-order valence-electron chi connectivity index (χ4n) is 2.43. The van der Waals surface area contributed by atoms with Gasteiger partial charge in [0.1, 0.15) is 0 Å². The largest absolute Gasteiger partial charge is 0.504 e.